The van der Waals surface area contributed by atoms with E-state index in [1.807, 2.05) is 0 Å². The lowest BCUT2D eigenvalue weighted by molar-refractivity contribution is -0.125. The number of amidine groups is 1. The molecule has 0 saturated carbocycles. The van der Waals surface area contributed by atoms with Gasteiger partial charge in [0.2, 0.25) is 5.91 Å². The van der Waals surface area contributed by atoms with E-state index in [0.717, 1.165) is 23.9 Å². The Kier molecular flexibility index (Phi) is 4.76. The number of nitrogens with zero attached hydrogens (tertiary/aromatic N) is 3. The molecule has 1 amide bonds. The van der Waals surface area contributed by atoms with Gasteiger partial charge in [0.15, 0.2) is 15.0 Å². The molecule has 0 spiro atoms. The number of sulfone groups is 1. The van der Waals surface area contributed by atoms with E-state index in [1.165, 1.54) is 15.9 Å². The van der Waals surface area contributed by atoms with Gasteiger partial charge >= 0.3 is 0 Å². The summed E-state index contributed by atoms with van der Waals surface area (Å²) in [5.41, 5.74) is 0.0644. The topological polar surface area (TPSA) is 70.0 Å². The molecule has 3 rings (SSSR count). The van der Waals surface area contributed by atoms with Crippen LogP contribution in [0, 0.1) is 11.6 Å². The molecule has 0 radical (unpaired) electrons. The first-order chi connectivity index (χ1) is 11.7. The molecule has 1 aromatic rings. The minimum atomic E-state index is -3.27. The normalized spacial score (nSPS) is 24.2. The Morgan fingerprint density at radius 2 is 2.08 bits per heavy atom. The van der Waals surface area contributed by atoms with E-state index >= 15 is 0 Å². The highest BCUT2D eigenvalue weighted by molar-refractivity contribution is 8.14. The van der Waals surface area contributed by atoms with Crippen molar-refractivity contribution in [2.45, 2.75) is 12.1 Å². The summed E-state index contributed by atoms with van der Waals surface area (Å²) in [5.74, 6) is -1.82. The first kappa shape index (κ1) is 18.1. The van der Waals surface area contributed by atoms with Crippen molar-refractivity contribution in [2.24, 2.45) is 4.99 Å². The average Bonchev–Trinajstić information content (AvgIpc) is 2.96. The highest BCUT2D eigenvalue weighted by Gasteiger charge is 2.47. The number of amides is 1. The zero-order valence-corrected chi connectivity index (χ0v) is 15.3. The largest absolute Gasteiger partial charge is 0.348 e. The summed E-state index contributed by atoms with van der Waals surface area (Å²) >= 11 is 1.12. The number of halogens is 2. The molecule has 10 heteroatoms. The molecule has 136 valence electrons. The molecule has 1 saturated heterocycles. The number of thioether (sulfide) groups is 1. The van der Waals surface area contributed by atoms with Gasteiger partial charge in [-0.05, 0) is 12.1 Å². The number of carbonyl (C=O) groups is 1. The summed E-state index contributed by atoms with van der Waals surface area (Å²) in [6.07, 6.45) is 0. The van der Waals surface area contributed by atoms with Crippen LogP contribution in [0.2, 0.25) is 0 Å². The van der Waals surface area contributed by atoms with E-state index in [2.05, 4.69) is 4.99 Å². The van der Waals surface area contributed by atoms with Crippen LogP contribution in [0.5, 0.6) is 0 Å². The molecule has 0 aliphatic carbocycles. The average molecular weight is 389 g/mol. The van der Waals surface area contributed by atoms with Crippen molar-refractivity contribution in [1.29, 1.82) is 0 Å². The molecule has 0 aromatic heterocycles. The molecule has 1 aromatic carbocycles. The number of carbonyl (C=O) groups excluding carboxylic acids is 1. The molecular weight excluding hydrogens is 372 g/mol. The smallest absolute Gasteiger partial charge is 0.232 e. The van der Waals surface area contributed by atoms with E-state index in [0.29, 0.717) is 5.17 Å². The Morgan fingerprint density at radius 3 is 2.72 bits per heavy atom. The van der Waals surface area contributed by atoms with Crippen LogP contribution in [-0.2, 0) is 14.6 Å². The van der Waals surface area contributed by atoms with Crippen LogP contribution in [0.4, 0.5) is 14.5 Å². The van der Waals surface area contributed by atoms with Gasteiger partial charge in [0.05, 0.1) is 35.0 Å². The summed E-state index contributed by atoms with van der Waals surface area (Å²) < 4.78 is 51.3. The molecule has 2 heterocycles. The number of rotatable bonds is 3. The van der Waals surface area contributed by atoms with E-state index in [-0.39, 0.29) is 28.9 Å². The molecule has 0 unspecified atom stereocenters. The van der Waals surface area contributed by atoms with Crippen LogP contribution in [0.3, 0.4) is 0 Å². The summed E-state index contributed by atoms with van der Waals surface area (Å²) in [5, 5.41) is 0.380. The number of hydrogen-bond acceptors (Lipinski definition) is 6. The first-order valence-electron chi connectivity index (χ1n) is 7.53. The second kappa shape index (κ2) is 6.56. The van der Waals surface area contributed by atoms with Crippen LogP contribution in [-0.4, -0.2) is 67.8 Å². The second-order valence-corrected chi connectivity index (χ2v) is 9.26. The maximum atomic E-state index is 14.3. The van der Waals surface area contributed by atoms with Gasteiger partial charge in [-0.3, -0.25) is 9.79 Å². The second-order valence-electron chi connectivity index (χ2n) is 6.17. The number of benzene rings is 1. The SMILES string of the molecule is CN(C)C(=O)CSC1=N[C@@H]2CS(=O)(=O)C[C@H]2N1c1ccc(F)cc1F. The predicted octanol–water partition coefficient (Wildman–Crippen LogP) is 1.13. The maximum absolute atomic E-state index is 14.3. The molecule has 6 nitrogen and oxygen atoms in total. The summed E-state index contributed by atoms with van der Waals surface area (Å²) in [6, 6.07) is 2.08. The van der Waals surface area contributed by atoms with Crippen LogP contribution in [0.15, 0.2) is 23.2 Å². The third-order valence-electron chi connectivity index (χ3n) is 4.10. The quantitative estimate of drug-likeness (QED) is 0.775. The summed E-state index contributed by atoms with van der Waals surface area (Å²) in [6.45, 7) is 0. The monoisotopic (exact) mass is 389 g/mol. The summed E-state index contributed by atoms with van der Waals surface area (Å²) in [4.78, 5) is 19.1. The van der Waals surface area contributed by atoms with Crippen molar-refractivity contribution >= 4 is 38.4 Å². The molecule has 0 bridgehead atoms. The van der Waals surface area contributed by atoms with Crippen molar-refractivity contribution in [2.75, 3.05) is 36.3 Å². The highest BCUT2D eigenvalue weighted by atomic mass is 32.2. The van der Waals surface area contributed by atoms with Crippen molar-refractivity contribution in [3.05, 3.63) is 29.8 Å². The molecule has 2 aliphatic rings. The standard InChI is InChI=1S/C15H17F2N3O3S2/c1-19(2)14(21)6-24-15-18-11-7-25(22,23)8-13(11)20(15)12-4-3-9(16)5-10(12)17/h3-5,11,13H,6-8H2,1-2H3/t11-,13-/m1/s1. The van der Waals surface area contributed by atoms with E-state index in [9.17, 15) is 22.0 Å². The van der Waals surface area contributed by atoms with Crippen molar-refractivity contribution in [3.8, 4) is 0 Å². The van der Waals surface area contributed by atoms with Crippen molar-refractivity contribution in [3.63, 3.8) is 0 Å². The fourth-order valence-electron chi connectivity index (χ4n) is 2.85. The molecule has 2 atom stereocenters. The van der Waals surface area contributed by atoms with E-state index in [4.69, 9.17) is 0 Å². The predicted molar refractivity (Wildman–Crippen MR) is 93.7 cm³/mol. The minimum absolute atomic E-state index is 0.0644. The maximum Gasteiger partial charge on any atom is 0.232 e. The number of fused-ring (bicyclic) bond motifs is 1. The van der Waals surface area contributed by atoms with Crippen molar-refractivity contribution < 1.29 is 22.0 Å². The Labute approximate surface area is 148 Å². The third kappa shape index (κ3) is 3.64. The molecule has 25 heavy (non-hydrogen) atoms. The van der Waals surface area contributed by atoms with Crippen molar-refractivity contribution in [1.82, 2.24) is 4.90 Å². The lowest BCUT2D eigenvalue weighted by Gasteiger charge is -2.27. The molecule has 1 fully saturated rings. The minimum Gasteiger partial charge on any atom is -0.348 e. The van der Waals surface area contributed by atoms with Crippen LogP contribution in [0.1, 0.15) is 0 Å². The zero-order chi connectivity index (χ0) is 18.4. The van der Waals surface area contributed by atoms with Gasteiger partial charge in [-0.25, -0.2) is 17.2 Å². The first-order valence-corrected chi connectivity index (χ1v) is 10.3. The van der Waals surface area contributed by atoms with Gasteiger partial charge in [-0.2, -0.15) is 0 Å². The van der Waals surface area contributed by atoms with E-state index < -0.39 is 33.6 Å². The Hall–Kier alpha value is -1.68. The van der Waals surface area contributed by atoms with Crippen LogP contribution < -0.4 is 4.90 Å². The number of anilines is 1. The fourth-order valence-corrected chi connectivity index (χ4v) is 5.79. The van der Waals surface area contributed by atoms with E-state index in [1.54, 1.807) is 14.1 Å². The van der Waals surface area contributed by atoms with Gasteiger partial charge < -0.3 is 9.80 Å². The van der Waals surface area contributed by atoms with Gasteiger partial charge in [0.25, 0.3) is 0 Å². The molecule has 2 aliphatic heterocycles. The lowest BCUT2D eigenvalue weighted by atomic mass is 10.1. The zero-order valence-electron chi connectivity index (χ0n) is 13.6. The van der Waals surface area contributed by atoms with Crippen LogP contribution in [0.25, 0.3) is 0 Å². The van der Waals surface area contributed by atoms with Crippen LogP contribution >= 0.6 is 11.8 Å². The van der Waals surface area contributed by atoms with Gasteiger partial charge in [-0.1, -0.05) is 11.8 Å². The Bertz CT molecular complexity index is 842. The fraction of sp³-hybridized carbons (Fsp3) is 0.467. The highest BCUT2D eigenvalue weighted by Crippen LogP contribution is 2.36. The van der Waals surface area contributed by atoms with Gasteiger partial charge in [-0.15, -0.1) is 0 Å². The number of hydrogen-bond donors (Lipinski definition) is 0. The van der Waals surface area contributed by atoms with Gasteiger partial charge in [0.1, 0.15) is 11.6 Å². The Balaban J connectivity index is 1.93. The lowest BCUT2D eigenvalue weighted by Crippen LogP contribution is -2.40. The summed E-state index contributed by atoms with van der Waals surface area (Å²) in [7, 11) is -0.0191. The third-order valence-corrected chi connectivity index (χ3v) is 6.75. The van der Waals surface area contributed by atoms with Gasteiger partial charge in [0, 0.05) is 20.2 Å². The molecular formula is C15H17F2N3O3S2. The molecule has 0 N–H and O–H groups in total. The number of aliphatic imine (C=N–C) groups is 1. The Morgan fingerprint density at radius 1 is 1.36 bits per heavy atom.